The summed E-state index contributed by atoms with van der Waals surface area (Å²) < 4.78 is 0. The maximum Gasteiger partial charge on any atom is 0.272 e. The van der Waals surface area contributed by atoms with Crippen LogP contribution in [-0.2, 0) is 0 Å². The number of carbonyl (C=O) groups excluding carboxylic acids is 2. The molecule has 0 atom stereocenters. The minimum atomic E-state index is -0.602. The standard InChI is InChI=1S/C25H25N3O2/c1-25(2,3)28(27-23(29)20-10-6-4-7-11-20)24(30)21-16-14-19(15-17-21)18-26-22-12-8-5-9-13-22/h4-18H,1-3H3,(H,27,29). The molecule has 3 aromatic carbocycles. The molecule has 3 rings (SSSR count). The number of nitrogens with zero attached hydrogens (tertiary/aromatic N) is 2. The molecule has 5 heteroatoms. The molecule has 0 aliphatic heterocycles. The Morgan fingerprint density at radius 1 is 0.800 bits per heavy atom. The van der Waals surface area contributed by atoms with Gasteiger partial charge in [0, 0.05) is 17.3 Å². The fourth-order valence-electron chi connectivity index (χ4n) is 2.78. The molecule has 152 valence electrons. The smallest absolute Gasteiger partial charge is 0.267 e. The SMILES string of the molecule is CC(C)(C)N(NC(=O)c1ccccc1)C(=O)c1ccc(C=Nc2ccccc2)cc1. The summed E-state index contributed by atoms with van der Waals surface area (Å²) in [5.74, 6) is -0.608. The monoisotopic (exact) mass is 399 g/mol. The van der Waals surface area contributed by atoms with Gasteiger partial charge in [-0.1, -0.05) is 48.5 Å². The number of hydrazine groups is 1. The van der Waals surface area contributed by atoms with Crippen LogP contribution < -0.4 is 5.43 Å². The second kappa shape index (κ2) is 9.18. The van der Waals surface area contributed by atoms with Crippen LogP contribution in [0.5, 0.6) is 0 Å². The first-order valence-electron chi connectivity index (χ1n) is 9.74. The minimum absolute atomic E-state index is 0.279. The molecule has 30 heavy (non-hydrogen) atoms. The van der Waals surface area contributed by atoms with Gasteiger partial charge in [-0.05, 0) is 62.7 Å². The molecule has 0 unspecified atom stereocenters. The molecule has 5 nitrogen and oxygen atoms in total. The second-order valence-corrected chi connectivity index (χ2v) is 7.83. The van der Waals surface area contributed by atoms with Crippen molar-refractivity contribution in [1.82, 2.24) is 10.4 Å². The Labute approximate surface area is 177 Å². The van der Waals surface area contributed by atoms with E-state index in [0.717, 1.165) is 11.3 Å². The van der Waals surface area contributed by atoms with E-state index < -0.39 is 5.54 Å². The Hall–Kier alpha value is -3.73. The molecule has 0 saturated heterocycles. The zero-order valence-corrected chi connectivity index (χ0v) is 17.4. The van der Waals surface area contributed by atoms with Crippen molar-refractivity contribution < 1.29 is 9.59 Å². The van der Waals surface area contributed by atoms with Gasteiger partial charge < -0.3 is 0 Å². The highest BCUT2D eigenvalue weighted by atomic mass is 16.2. The minimum Gasteiger partial charge on any atom is -0.267 e. The quantitative estimate of drug-likeness (QED) is 0.494. The largest absolute Gasteiger partial charge is 0.272 e. The zero-order chi connectivity index (χ0) is 21.6. The number of hydrogen-bond donors (Lipinski definition) is 1. The van der Waals surface area contributed by atoms with E-state index in [0.29, 0.717) is 11.1 Å². The van der Waals surface area contributed by atoms with Crippen LogP contribution in [0.1, 0.15) is 47.1 Å². The number of benzene rings is 3. The summed E-state index contributed by atoms with van der Waals surface area (Å²) in [5, 5.41) is 1.37. The maximum absolute atomic E-state index is 13.1. The summed E-state index contributed by atoms with van der Waals surface area (Å²) in [5.41, 5.74) is 4.87. The lowest BCUT2D eigenvalue weighted by Gasteiger charge is -2.35. The van der Waals surface area contributed by atoms with Crippen LogP contribution in [0.3, 0.4) is 0 Å². The molecular formula is C25H25N3O2. The van der Waals surface area contributed by atoms with E-state index in [4.69, 9.17) is 0 Å². The first kappa shape index (κ1) is 21.0. The predicted octanol–water partition coefficient (Wildman–Crippen LogP) is 5.02. The molecule has 0 bridgehead atoms. The van der Waals surface area contributed by atoms with Crippen molar-refractivity contribution in [2.45, 2.75) is 26.3 Å². The molecule has 0 fully saturated rings. The molecule has 0 saturated carbocycles. The van der Waals surface area contributed by atoms with Crippen LogP contribution in [-0.4, -0.2) is 28.6 Å². The van der Waals surface area contributed by atoms with Gasteiger partial charge in [0.15, 0.2) is 0 Å². The number of nitrogens with one attached hydrogen (secondary N) is 1. The third-order valence-corrected chi connectivity index (χ3v) is 4.40. The summed E-state index contributed by atoms with van der Waals surface area (Å²) in [6, 6.07) is 25.6. The van der Waals surface area contributed by atoms with Gasteiger partial charge >= 0.3 is 0 Å². The number of aliphatic imine (C=N–C) groups is 1. The van der Waals surface area contributed by atoms with Crippen LogP contribution in [0.4, 0.5) is 5.69 Å². The fourth-order valence-corrected chi connectivity index (χ4v) is 2.78. The number of hydrogen-bond acceptors (Lipinski definition) is 3. The van der Waals surface area contributed by atoms with Crippen molar-refractivity contribution in [3.63, 3.8) is 0 Å². The topological polar surface area (TPSA) is 61.8 Å². The van der Waals surface area contributed by atoms with Crippen molar-refractivity contribution in [2.75, 3.05) is 0 Å². The highest BCUT2D eigenvalue weighted by Gasteiger charge is 2.29. The predicted molar refractivity (Wildman–Crippen MR) is 120 cm³/mol. The van der Waals surface area contributed by atoms with Gasteiger partial charge in [-0.2, -0.15) is 0 Å². The number of carbonyl (C=O) groups is 2. The van der Waals surface area contributed by atoms with Crippen LogP contribution in [0, 0.1) is 0 Å². The third-order valence-electron chi connectivity index (χ3n) is 4.40. The Morgan fingerprint density at radius 3 is 1.93 bits per heavy atom. The molecule has 0 aliphatic rings. The van der Waals surface area contributed by atoms with Crippen molar-refractivity contribution in [1.29, 1.82) is 0 Å². The highest BCUT2D eigenvalue weighted by Crippen LogP contribution is 2.17. The third kappa shape index (κ3) is 5.41. The molecular weight excluding hydrogens is 374 g/mol. The van der Waals surface area contributed by atoms with Crippen LogP contribution in [0.2, 0.25) is 0 Å². The van der Waals surface area contributed by atoms with E-state index in [9.17, 15) is 9.59 Å². The lowest BCUT2D eigenvalue weighted by Crippen LogP contribution is -2.55. The molecule has 0 heterocycles. The number of rotatable bonds is 4. The number of para-hydroxylation sites is 1. The Morgan fingerprint density at radius 2 is 1.37 bits per heavy atom. The summed E-state index contributed by atoms with van der Waals surface area (Å²) in [7, 11) is 0. The molecule has 1 N–H and O–H groups in total. The van der Waals surface area contributed by atoms with Gasteiger partial charge in [0.05, 0.1) is 11.2 Å². The molecule has 0 spiro atoms. The second-order valence-electron chi connectivity index (χ2n) is 7.83. The summed E-state index contributed by atoms with van der Waals surface area (Å²) in [4.78, 5) is 30.1. The van der Waals surface area contributed by atoms with E-state index in [1.54, 1.807) is 42.6 Å². The average molecular weight is 399 g/mol. The molecule has 0 radical (unpaired) electrons. The van der Waals surface area contributed by atoms with Crippen molar-refractivity contribution in [3.8, 4) is 0 Å². The highest BCUT2D eigenvalue weighted by molar-refractivity contribution is 5.99. The van der Waals surface area contributed by atoms with Crippen LogP contribution in [0.25, 0.3) is 0 Å². The first-order valence-corrected chi connectivity index (χ1v) is 9.74. The summed E-state index contributed by atoms with van der Waals surface area (Å²) in [6.45, 7) is 5.62. The fraction of sp³-hybridized carbons (Fsp3) is 0.160. The Balaban J connectivity index is 1.76. The van der Waals surface area contributed by atoms with Gasteiger partial charge in [0.25, 0.3) is 11.8 Å². The Kier molecular flexibility index (Phi) is 6.42. The van der Waals surface area contributed by atoms with Gasteiger partial charge in [0.2, 0.25) is 0 Å². The van der Waals surface area contributed by atoms with Gasteiger partial charge in [0.1, 0.15) is 0 Å². The zero-order valence-electron chi connectivity index (χ0n) is 17.4. The molecule has 2 amide bonds. The average Bonchev–Trinajstić information content (AvgIpc) is 2.76. The van der Waals surface area contributed by atoms with Gasteiger partial charge in [-0.25, -0.2) is 5.01 Å². The van der Waals surface area contributed by atoms with Gasteiger partial charge in [-0.3, -0.25) is 20.0 Å². The van der Waals surface area contributed by atoms with Crippen LogP contribution >= 0.6 is 0 Å². The number of amides is 2. The maximum atomic E-state index is 13.1. The lowest BCUT2D eigenvalue weighted by molar-refractivity contribution is 0.0358. The van der Waals surface area contributed by atoms with E-state index >= 15 is 0 Å². The van der Waals surface area contributed by atoms with E-state index in [1.165, 1.54) is 5.01 Å². The molecule has 0 aromatic heterocycles. The molecule has 3 aromatic rings. The first-order chi connectivity index (χ1) is 14.3. The van der Waals surface area contributed by atoms with E-state index in [-0.39, 0.29) is 11.8 Å². The Bertz CT molecular complexity index is 1020. The lowest BCUT2D eigenvalue weighted by atomic mass is 10.1. The van der Waals surface area contributed by atoms with Gasteiger partial charge in [-0.15, -0.1) is 0 Å². The van der Waals surface area contributed by atoms with Crippen molar-refractivity contribution >= 4 is 23.7 Å². The summed E-state index contributed by atoms with van der Waals surface area (Å²) in [6.07, 6.45) is 1.75. The molecule has 0 aliphatic carbocycles. The van der Waals surface area contributed by atoms with Crippen LogP contribution in [0.15, 0.2) is 89.9 Å². The van der Waals surface area contributed by atoms with Crippen molar-refractivity contribution in [3.05, 3.63) is 102 Å². The van der Waals surface area contributed by atoms with Crippen molar-refractivity contribution in [2.24, 2.45) is 4.99 Å². The van der Waals surface area contributed by atoms with E-state index in [1.807, 2.05) is 69.3 Å². The normalized spacial score (nSPS) is 11.3. The summed E-state index contributed by atoms with van der Waals surface area (Å²) >= 11 is 0. The van der Waals surface area contributed by atoms with E-state index in [2.05, 4.69) is 10.4 Å².